The van der Waals surface area contributed by atoms with E-state index in [9.17, 15) is 9.90 Å². The zero-order valence-corrected chi connectivity index (χ0v) is 12.2. The smallest absolute Gasteiger partial charge is 0.259 e. The fraction of sp³-hybridized carbons (Fsp3) is 0. The van der Waals surface area contributed by atoms with E-state index in [2.05, 4.69) is 10.3 Å². The Labute approximate surface area is 129 Å². The van der Waals surface area contributed by atoms with E-state index in [4.69, 9.17) is 17.3 Å². The summed E-state index contributed by atoms with van der Waals surface area (Å²) in [5, 5.41) is 13.2. The number of carbonyl (C=O) groups excluding carboxylic acids is 1. The molecule has 1 aromatic heterocycles. The topological polar surface area (TPSA) is 88.2 Å². The number of hydrogen-bond donors (Lipinski definition) is 3. The van der Waals surface area contributed by atoms with E-state index in [1.54, 1.807) is 18.2 Å². The molecule has 21 heavy (non-hydrogen) atoms. The molecule has 0 aliphatic rings. The number of phenolic OH excluding ortho intramolecular Hbond substituents is 1. The Bertz CT molecular complexity index is 847. The molecule has 3 aromatic rings. The second-order valence-corrected chi connectivity index (χ2v) is 5.82. The lowest BCUT2D eigenvalue weighted by Gasteiger charge is -2.05. The molecule has 7 heteroatoms. The molecule has 0 spiro atoms. The van der Waals surface area contributed by atoms with Crippen LogP contribution in [0.15, 0.2) is 36.4 Å². The van der Waals surface area contributed by atoms with Gasteiger partial charge in [-0.1, -0.05) is 22.9 Å². The number of nitrogens with two attached hydrogens (primary N) is 1. The highest BCUT2D eigenvalue weighted by Crippen LogP contribution is 2.29. The van der Waals surface area contributed by atoms with Gasteiger partial charge in [-0.2, -0.15) is 0 Å². The van der Waals surface area contributed by atoms with Gasteiger partial charge in [0.25, 0.3) is 5.91 Å². The number of aromatic nitrogens is 1. The number of aromatic hydroxyl groups is 1. The minimum absolute atomic E-state index is 0.0227. The number of nitrogen functional groups attached to an aromatic ring is 1. The van der Waals surface area contributed by atoms with Crippen LogP contribution in [0.25, 0.3) is 10.2 Å². The number of phenols is 1. The highest BCUT2D eigenvalue weighted by molar-refractivity contribution is 7.22. The van der Waals surface area contributed by atoms with Crippen LogP contribution in [-0.4, -0.2) is 16.0 Å². The van der Waals surface area contributed by atoms with Crippen LogP contribution in [0.1, 0.15) is 10.4 Å². The van der Waals surface area contributed by atoms with Gasteiger partial charge in [0.05, 0.1) is 15.8 Å². The van der Waals surface area contributed by atoms with Gasteiger partial charge in [0.1, 0.15) is 5.75 Å². The Morgan fingerprint density at radius 1 is 1.29 bits per heavy atom. The Balaban J connectivity index is 1.90. The summed E-state index contributed by atoms with van der Waals surface area (Å²) in [7, 11) is 0. The van der Waals surface area contributed by atoms with Crippen LogP contribution >= 0.6 is 22.9 Å². The molecule has 0 radical (unpaired) electrons. The SMILES string of the molecule is Nc1ccc(O)cc1C(=O)Nc1nc2ccc(Cl)cc2s1. The number of nitrogens with zero attached hydrogens (tertiary/aromatic N) is 1. The van der Waals surface area contributed by atoms with E-state index in [0.717, 1.165) is 10.2 Å². The summed E-state index contributed by atoms with van der Waals surface area (Å²) < 4.78 is 0.877. The van der Waals surface area contributed by atoms with Crippen LogP contribution < -0.4 is 11.1 Å². The predicted octanol–water partition coefficient (Wildman–Crippen LogP) is 3.49. The highest BCUT2D eigenvalue weighted by atomic mass is 35.5. The molecule has 0 aliphatic heterocycles. The fourth-order valence-corrected chi connectivity index (χ4v) is 2.99. The van der Waals surface area contributed by atoms with Crippen molar-refractivity contribution in [2.75, 3.05) is 11.1 Å². The first-order chi connectivity index (χ1) is 10.0. The number of rotatable bonds is 2. The molecule has 0 atom stereocenters. The second-order valence-electron chi connectivity index (χ2n) is 4.36. The minimum atomic E-state index is -0.423. The number of fused-ring (bicyclic) bond motifs is 1. The van der Waals surface area contributed by atoms with Crippen LogP contribution in [-0.2, 0) is 0 Å². The van der Waals surface area contributed by atoms with E-state index in [1.807, 2.05) is 0 Å². The molecule has 4 N–H and O–H groups in total. The summed E-state index contributed by atoms with van der Waals surface area (Å²) in [4.78, 5) is 16.5. The Kier molecular flexibility index (Phi) is 3.40. The molecule has 1 heterocycles. The van der Waals surface area contributed by atoms with Crippen molar-refractivity contribution in [3.05, 3.63) is 47.0 Å². The third-order valence-corrected chi connectivity index (χ3v) is 4.02. The van der Waals surface area contributed by atoms with Gasteiger partial charge in [-0.15, -0.1) is 0 Å². The van der Waals surface area contributed by atoms with Gasteiger partial charge in [0.15, 0.2) is 5.13 Å². The summed E-state index contributed by atoms with van der Waals surface area (Å²) >= 11 is 7.23. The van der Waals surface area contributed by atoms with Crippen molar-refractivity contribution >= 4 is 49.9 Å². The maximum Gasteiger partial charge on any atom is 0.259 e. The molecule has 5 nitrogen and oxygen atoms in total. The number of benzene rings is 2. The molecule has 0 unspecified atom stereocenters. The van der Waals surface area contributed by atoms with E-state index < -0.39 is 5.91 Å². The maximum absolute atomic E-state index is 12.2. The number of thiazole rings is 1. The van der Waals surface area contributed by atoms with Crippen molar-refractivity contribution in [2.45, 2.75) is 0 Å². The van der Waals surface area contributed by atoms with Crippen molar-refractivity contribution in [3.63, 3.8) is 0 Å². The number of amides is 1. The largest absolute Gasteiger partial charge is 0.508 e. The van der Waals surface area contributed by atoms with E-state index >= 15 is 0 Å². The van der Waals surface area contributed by atoms with E-state index in [1.165, 1.54) is 29.5 Å². The van der Waals surface area contributed by atoms with Gasteiger partial charge in [0.2, 0.25) is 0 Å². The van der Waals surface area contributed by atoms with Crippen molar-refractivity contribution in [3.8, 4) is 5.75 Å². The summed E-state index contributed by atoms with van der Waals surface area (Å²) in [5.41, 5.74) is 6.97. The van der Waals surface area contributed by atoms with E-state index in [0.29, 0.717) is 10.2 Å². The number of hydrogen-bond acceptors (Lipinski definition) is 5. The van der Waals surface area contributed by atoms with Crippen LogP contribution in [0.2, 0.25) is 5.02 Å². The molecule has 0 saturated carbocycles. The molecule has 2 aromatic carbocycles. The molecule has 106 valence electrons. The van der Waals surface area contributed by atoms with Crippen LogP contribution in [0.3, 0.4) is 0 Å². The minimum Gasteiger partial charge on any atom is -0.508 e. The predicted molar refractivity (Wildman–Crippen MR) is 85.1 cm³/mol. The maximum atomic E-state index is 12.2. The van der Waals surface area contributed by atoms with Crippen molar-refractivity contribution in [1.82, 2.24) is 4.98 Å². The molecule has 0 aliphatic carbocycles. The van der Waals surface area contributed by atoms with Gasteiger partial charge >= 0.3 is 0 Å². The zero-order chi connectivity index (χ0) is 15.0. The number of nitrogens with one attached hydrogen (secondary N) is 1. The fourth-order valence-electron chi connectivity index (χ4n) is 1.86. The second kappa shape index (κ2) is 5.23. The normalized spacial score (nSPS) is 10.7. The number of halogens is 1. The molecule has 0 fully saturated rings. The van der Waals surface area contributed by atoms with Crippen LogP contribution in [0.4, 0.5) is 10.8 Å². The molecular weight excluding hydrogens is 310 g/mol. The monoisotopic (exact) mass is 319 g/mol. The number of anilines is 2. The summed E-state index contributed by atoms with van der Waals surface area (Å²) in [6.45, 7) is 0. The molecule has 0 saturated heterocycles. The van der Waals surface area contributed by atoms with Gasteiger partial charge in [0, 0.05) is 10.7 Å². The third-order valence-electron chi connectivity index (χ3n) is 2.85. The lowest BCUT2D eigenvalue weighted by Crippen LogP contribution is -2.13. The Hall–Kier alpha value is -2.31. The molecule has 3 rings (SSSR count). The lowest BCUT2D eigenvalue weighted by molar-refractivity contribution is 0.102. The Morgan fingerprint density at radius 2 is 2.10 bits per heavy atom. The highest BCUT2D eigenvalue weighted by Gasteiger charge is 2.13. The standard InChI is InChI=1S/C14H10ClN3O2S/c15-7-1-4-11-12(5-7)21-14(17-11)18-13(20)9-6-8(19)2-3-10(9)16/h1-6,19H,16H2,(H,17,18,20). The average molecular weight is 320 g/mol. The van der Waals surface area contributed by atoms with Gasteiger partial charge in [-0.05, 0) is 36.4 Å². The molecule has 1 amide bonds. The summed E-state index contributed by atoms with van der Waals surface area (Å²) in [6.07, 6.45) is 0. The van der Waals surface area contributed by atoms with Crippen molar-refractivity contribution in [2.24, 2.45) is 0 Å². The summed E-state index contributed by atoms with van der Waals surface area (Å²) in [6, 6.07) is 9.52. The first-order valence-electron chi connectivity index (χ1n) is 5.99. The summed E-state index contributed by atoms with van der Waals surface area (Å²) in [5.74, 6) is -0.445. The number of carbonyl (C=O) groups is 1. The van der Waals surface area contributed by atoms with Crippen molar-refractivity contribution in [1.29, 1.82) is 0 Å². The molecule has 0 bridgehead atoms. The van der Waals surface area contributed by atoms with Gasteiger partial charge in [-0.3, -0.25) is 10.1 Å². The Morgan fingerprint density at radius 3 is 2.90 bits per heavy atom. The first-order valence-corrected chi connectivity index (χ1v) is 7.18. The van der Waals surface area contributed by atoms with Crippen LogP contribution in [0.5, 0.6) is 5.75 Å². The third kappa shape index (κ3) is 2.76. The average Bonchev–Trinajstić information content (AvgIpc) is 2.82. The van der Waals surface area contributed by atoms with E-state index in [-0.39, 0.29) is 17.0 Å². The zero-order valence-electron chi connectivity index (χ0n) is 10.6. The van der Waals surface area contributed by atoms with Gasteiger partial charge in [-0.25, -0.2) is 4.98 Å². The van der Waals surface area contributed by atoms with Crippen molar-refractivity contribution < 1.29 is 9.90 Å². The first kappa shape index (κ1) is 13.7. The quantitative estimate of drug-likeness (QED) is 0.498. The molecular formula is C14H10ClN3O2S. The van der Waals surface area contributed by atoms with Crippen LogP contribution in [0, 0.1) is 0 Å². The lowest BCUT2D eigenvalue weighted by atomic mass is 10.1. The van der Waals surface area contributed by atoms with Gasteiger partial charge < -0.3 is 10.8 Å².